The summed E-state index contributed by atoms with van der Waals surface area (Å²) in [6.45, 7) is 2.02. The van der Waals surface area contributed by atoms with Crippen molar-refractivity contribution in [2.24, 2.45) is 0 Å². The van der Waals surface area contributed by atoms with E-state index in [4.69, 9.17) is 28.2 Å². The normalized spacial score (nSPS) is 22.0. The lowest BCUT2D eigenvalue weighted by molar-refractivity contribution is 0.179. The van der Waals surface area contributed by atoms with Gasteiger partial charge in [-0.25, -0.2) is 0 Å². The lowest BCUT2D eigenvalue weighted by Crippen LogP contribution is -2.40. The lowest BCUT2D eigenvalue weighted by Gasteiger charge is -2.36. The van der Waals surface area contributed by atoms with Crippen LogP contribution in [0.5, 0.6) is 0 Å². The van der Waals surface area contributed by atoms with Gasteiger partial charge in [0.15, 0.2) is 5.11 Å². The Balaban J connectivity index is 1.56. The van der Waals surface area contributed by atoms with E-state index in [2.05, 4.69) is 33.4 Å². The maximum atomic E-state index is 6.48. The topological polar surface area (TPSA) is 41.3 Å². The molecule has 6 heteroatoms. The summed E-state index contributed by atoms with van der Waals surface area (Å²) in [6.07, 6.45) is 7.95. The fourth-order valence-electron chi connectivity index (χ4n) is 4.95. The SMILES string of the molecule is Cc1c(Cl)cccc1-c1ccc(C2C(c3ccccn3)NC(=S)N2C2CCCCC2)o1. The van der Waals surface area contributed by atoms with Crippen LogP contribution in [0.3, 0.4) is 0 Å². The molecule has 1 saturated heterocycles. The molecule has 2 unspecified atom stereocenters. The molecule has 2 fully saturated rings. The quantitative estimate of drug-likeness (QED) is 0.452. The first-order chi connectivity index (χ1) is 15.1. The molecule has 2 aromatic heterocycles. The minimum atomic E-state index is -0.0462. The Morgan fingerprint density at radius 2 is 1.90 bits per heavy atom. The Hall–Kier alpha value is -2.37. The van der Waals surface area contributed by atoms with Gasteiger partial charge in [0.25, 0.3) is 0 Å². The number of nitrogens with one attached hydrogen (secondary N) is 1. The molecular weight excluding hydrogens is 426 g/mol. The number of aromatic nitrogens is 1. The Morgan fingerprint density at radius 3 is 2.68 bits per heavy atom. The fraction of sp³-hybridized carbons (Fsp3) is 0.360. The van der Waals surface area contributed by atoms with Crippen molar-refractivity contribution < 1.29 is 4.42 Å². The Bertz CT molecular complexity index is 1080. The van der Waals surface area contributed by atoms with E-state index in [1.807, 2.05) is 43.5 Å². The highest BCUT2D eigenvalue weighted by Crippen LogP contribution is 2.44. The number of rotatable bonds is 4. The van der Waals surface area contributed by atoms with Crippen LogP contribution in [-0.4, -0.2) is 21.0 Å². The molecule has 3 heterocycles. The summed E-state index contributed by atoms with van der Waals surface area (Å²) in [7, 11) is 0. The van der Waals surface area contributed by atoms with Crippen molar-refractivity contribution in [3.63, 3.8) is 0 Å². The second kappa shape index (κ2) is 8.64. The van der Waals surface area contributed by atoms with Gasteiger partial charge in [0.05, 0.1) is 11.7 Å². The molecule has 2 aliphatic rings. The average molecular weight is 452 g/mol. The van der Waals surface area contributed by atoms with Gasteiger partial charge in [-0.2, -0.15) is 0 Å². The van der Waals surface area contributed by atoms with Gasteiger partial charge in [-0.05, 0) is 67.9 Å². The highest BCUT2D eigenvalue weighted by Gasteiger charge is 2.44. The number of nitrogens with zero attached hydrogens (tertiary/aromatic N) is 2. The van der Waals surface area contributed by atoms with E-state index in [-0.39, 0.29) is 12.1 Å². The summed E-state index contributed by atoms with van der Waals surface area (Å²) in [4.78, 5) is 7.01. The smallest absolute Gasteiger partial charge is 0.170 e. The number of pyridine rings is 1. The standard InChI is InChI=1S/C25H26ClN3OS/c1-16-18(10-7-11-19(16)26)21-13-14-22(30-21)24-23(20-12-5-6-15-27-20)28-25(31)29(24)17-8-3-2-4-9-17/h5-7,10-15,17,23-24H,2-4,8-9H2,1H3,(H,28,31). The number of halogens is 1. The second-order valence-corrected chi connectivity index (χ2v) is 9.23. The van der Waals surface area contributed by atoms with E-state index >= 15 is 0 Å². The third-order valence-electron chi connectivity index (χ3n) is 6.55. The first-order valence-corrected chi connectivity index (χ1v) is 11.8. The molecule has 2 atom stereocenters. The van der Waals surface area contributed by atoms with Crippen molar-refractivity contribution in [1.82, 2.24) is 15.2 Å². The second-order valence-electron chi connectivity index (χ2n) is 8.44. The molecule has 0 amide bonds. The van der Waals surface area contributed by atoms with Crippen molar-refractivity contribution in [3.8, 4) is 11.3 Å². The highest BCUT2D eigenvalue weighted by atomic mass is 35.5. The molecule has 160 valence electrons. The lowest BCUT2D eigenvalue weighted by atomic mass is 9.92. The Morgan fingerprint density at radius 1 is 1.06 bits per heavy atom. The maximum Gasteiger partial charge on any atom is 0.170 e. The number of hydrogen-bond donors (Lipinski definition) is 1. The largest absolute Gasteiger partial charge is 0.459 e. The number of benzene rings is 1. The van der Waals surface area contributed by atoms with Crippen molar-refractivity contribution in [3.05, 3.63) is 76.8 Å². The van der Waals surface area contributed by atoms with Gasteiger partial charge in [0.1, 0.15) is 17.6 Å². The predicted molar refractivity (Wildman–Crippen MR) is 128 cm³/mol. The van der Waals surface area contributed by atoms with Crippen LogP contribution in [0.25, 0.3) is 11.3 Å². The van der Waals surface area contributed by atoms with Crippen molar-refractivity contribution in [2.45, 2.75) is 57.2 Å². The molecule has 4 nitrogen and oxygen atoms in total. The van der Waals surface area contributed by atoms with Gasteiger partial charge in [-0.3, -0.25) is 4.98 Å². The number of thiocarbonyl (C=S) groups is 1. The third kappa shape index (κ3) is 3.85. The first-order valence-electron chi connectivity index (χ1n) is 11.0. The highest BCUT2D eigenvalue weighted by molar-refractivity contribution is 7.80. The van der Waals surface area contributed by atoms with Crippen LogP contribution >= 0.6 is 23.8 Å². The molecule has 1 saturated carbocycles. The number of furan rings is 1. The summed E-state index contributed by atoms with van der Waals surface area (Å²) in [5.41, 5.74) is 3.02. The first kappa shape index (κ1) is 20.5. The molecule has 1 aliphatic heterocycles. The van der Waals surface area contributed by atoms with Crippen molar-refractivity contribution in [1.29, 1.82) is 0 Å². The molecule has 1 aliphatic carbocycles. The van der Waals surface area contributed by atoms with Crippen LogP contribution in [0.1, 0.15) is 61.2 Å². The molecule has 31 heavy (non-hydrogen) atoms. The molecule has 1 aromatic carbocycles. The van der Waals surface area contributed by atoms with Crippen molar-refractivity contribution in [2.75, 3.05) is 0 Å². The van der Waals surface area contributed by atoms with Gasteiger partial charge in [0, 0.05) is 22.8 Å². The summed E-state index contributed by atoms with van der Waals surface area (Å²) in [5, 5.41) is 5.09. The van der Waals surface area contributed by atoms with Crippen LogP contribution in [0.4, 0.5) is 0 Å². The molecule has 0 radical (unpaired) electrons. The molecule has 0 bridgehead atoms. The minimum absolute atomic E-state index is 0.0289. The van der Waals surface area contributed by atoms with E-state index < -0.39 is 0 Å². The molecule has 0 spiro atoms. The Labute approximate surface area is 193 Å². The van der Waals surface area contributed by atoms with Crippen LogP contribution in [0.2, 0.25) is 5.02 Å². The summed E-state index contributed by atoms with van der Waals surface area (Å²) >= 11 is 12.2. The van der Waals surface area contributed by atoms with Crippen LogP contribution < -0.4 is 5.32 Å². The number of hydrogen-bond acceptors (Lipinski definition) is 3. The van der Waals surface area contributed by atoms with E-state index in [0.29, 0.717) is 6.04 Å². The van der Waals surface area contributed by atoms with Gasteiger partial charge in [0.2, 0.25) is 0 Å². The predicted octanol–water partition coefficient (Wildman–Crippen LogP) is 6.61. The Kier molecular flexibility index (Phi) is 5.72. The van der Waals surface area contributed by atoms with Gasteiger partial charge < -0.3 is 14.6 Å². The van der Waals surface area contributed by atoms with Crippen LogP contribution in [-0.2, 0) is 0 Å². The summed E-state index contributed by atoms with van der Waals surface area (Å²) in [5.74, 6) is 1.74. The minimum Gasteiger partial charge on any atom is -0.459 e. The summed E-state index contributed by atoms with van der Waals surface area (Å²) in [6, 6.07) is 16.4. The third-order valence-corrected chi connectivity index (χ3v) is 7.29. The monoisotopic (exact) mass is 451 g/mol. The maximum absolute atomic E-state index is 6.48. The molecule has 5 rings (SSSR count). The zero-order valence-electron chi connectivity index (χ0n) is 17.6. The van der Waals surface area contributed by atoms with E-state index in [1.165, 1.54) is 19.3 Å². The van der Waals surface area contributed by atoms with Crippen LogP contribution in [0.15, 0.2) is 59.1 Å². The van der Waals surface area contributed by atoms with Gasteiger partial charge in [-0.1, -0.05) is 49.1 Å². The fourth-order valence-corrected chi connectivity index (χ4v) is 5.52. The van der Waals surface area contributed by atoms with Crippen LogP contribution in [0, 0.1) is 6.92 Å². The molecule has 3 aromatic rings. The summed E-state index contributed by atoms with van der Waals surface area (Å²) < 4.78 is 6.48. The van der Waals surface area contributed by atoms with E-state index in [0.717, 1.165) is 51.3 Å². The van der Waals surface area contributed by atoms with Crippen molar-refractivity contribution >= 4 is 28.9 Å². The average Bonchev–Trinajstić information content (AvgIpc) is 3.41. The van der Waals surface area contributed by atoms with E-state index in [9.17, 15) is 0 Å². The zero-order valence-corrected chi connectivity index (χ0v) is 19.1. The zero-order chi connectivity index (χ0) is 21.4. The van der Waals surface area contributed by atoms with E-state index in [1.54, 1.807) is 0 Å². The van der Waals surface area contributed by atoms with Gasteiger partial charge in [-0.15, -0.1) is 0 Å². The molecule has 1 N–H and O–H groups in total. The van der Waals surface area contributed by atoms with Gasteiger partial charge >= 0.3 is 0 Å². The molecular formula is C25H26ClN3OS.